The van der Waals surface area contributed by atoms with Crippen LogP contribution in [-0.2, 0) is 0 Å². The van der Waals surface area contributed by atoms with Gasteiger partial charge in [-0.2, -0.15) is 0 Å². The van der Waals surface area contributed by atoms with Crippen molar-refractivity contribution in [1.29, 1.82) is 0 Å². The van der Waals surface area contributed by atoms with Gasteiger partial charge in [-0.15, -0.1) is 31.4 Å². The van der Waals surface area contributed by atoms with Crippen molar-refractivity contribution in [1.82, 2.24) is 10.2 Å². The lowest BCUT2D eigenvalue weighted by atomic mass is 9.97. The van der Waals surface area contributed by atoms with E-state index in [2.05, 4.69) is 16.8 Å². The second kappa shape index (κ2) is 10.1. The second-order valence-corrected chi connectivity index (χ2v) is 5.35. The summed E-state index contributed by atoms with van der Waals surface area (Å²) in [4.78, 5) is 2.42. The molecule has 0 spiro atoms. The predicted molar refractivity (Wildman–Crippen MR) is 94.1 cm³/mol. The molecule has 0 aliphatic carbocycles. The molecule has 0 saturated carbocycles. The normalized spacial score (nSPS) is 16.1. The molecule has 126 valence electrons. The van der Waals surface area contributed by atoms with E-state index in [4.69, 9.17) is 4.74 Å². The van der Waals surface area contributed by atoms with E-state index in [9.17, 15) is 4.39 Å². The molecule has 1 aromatic carbocycles. The largest absolute Gasteiger partial charge is 0.496 e. The van der Waals surface area contributed by atoms with Crippen LogP contribution in [0.4, 0.5) is 4.39 Å². The molecule has 1 aliphatic rings. The van der Waals surface area contributed by atoms with Crippen molar-refractivity contribution in [3.63, 3.8) is 0 Å². The maximum atomic E-state index is 13.4. The molecule has 1 aromatic rings. The Balaban J connectivity index is 0.00000220. The summed E-state index contributed by atoms with van der Waals surface area (Å²) in [5.41, 5.74) is 2.17. The minimum absolute atomic E-state index is 0. The second-order valence-electron chi connectivity index (χ2n) is 5.35. The van der Waals surface area contributed by atoms with Gasteiger partial charge in [0, 0.05) is 43.9 Å². The molecular formula is C16H25Cl2FN2O. The Bertz CT molecular complexity index is 479. The number of nitrogens with zero attached hydrogens (tertiary/aromatic N) is 1. The van der Waals surface area contributed by atoms with E-state index in [1.165, 1.54) is 12.1 Å². The van der Waals surface area contributed by atoms with Crippen molar-refractivity contribution in [2.24, 2.45) is 0 Å². The van der Waals surface area contributed by atoms with Crippen LogP contribution < -0.4 is 10.1 Å². The summed E-state index contributed by atoms with van der Waals surface area (Å²) in [5, 5.41) is 3.36. The van der Waals surface area contributed by atoms with Crippen LogP contribution in [0.5, 0.6) is 5.75 Å². The third-order valence-electron chi connectivity index (χ3n) is 3.69. The highest BCUT2D eigenvalue weighted by Crippen LogP contribution is 2.34. The molecule has 1 fully saturated rings. The van der Waals surface area contributed by atoms with Crippen LogP contribution in [0.1, 0.15) is 24.9 Å². The number of rotatable bonds is 5. The van der Waals surface area contributed by atoms with E-state index in [1.807, 2.05) is 13.0 Å². The zero-order valence-corrected chi connectivity index (χ0v) is 14.7. The first-order valence-electron chi connectivity index (χ1n) is 7.04. The van der Waals surface area contributed by atoms with Crippen LogP contribution >= 0.6 is 24.8 Å². The minimum atomic E-state index is -0.264. The fourth-order valence-electron chi connectivity index (χ4n) is 2.72. The molecule has 0 bridgehead atoms. The first kappa shape index (κ1) is 21.2. The Kier molecular flexibility index (Phi) is 9.69. The van der Waals surface area contributed by atoms with Crippen LogP contribution in [0.3, 0.4) is 0 Å². The summed E-state index contributed by atoms with van der Waals surface area (Å²) in [6, 6.07) is 5.00. The number of piperazine rings is 1. The zero-order chi connectivity index (χ0) is 14.5. The summed E-state index contributed by atoms with van der Waals surface area (Å²) in [7, 11) is 1.59. The molecule has 2 rings (SSSR count). The molecule has 1 atom stereocenters. The first-order valence-corrected chi connectivity index (χ1v) is 7.04. The van der Waals surface area contributed by atoms with E-state index in [0.29, 0.717) is 5.75 Å². The van der Waals surface area contributed by atoms with E-state index >= 15 is 0 Å². The van der Waals surface area contributed by atoms with Gasteiger partial charge in [0.2, 0.25) is 0 Å². The van der Waals surface area contributed by atoms with Gasteiger partial charge < -0.3 is 10.1 Å². The maximum Gasteiger partial charge on any atom is 0.126 e. The predicted octanol–water partition coefficient (Wildman–Crippen LogP) is 3.59. The summed E-state index contributed by atoms with van der Waals surface area (Å²) in [5.74, 6) is 0.356. The smallest absolute Gasteiger partial charge is 0.126 e. The first-order chi connectivity index (χ1) is 9.61. The average Bonchev–Trinajstić information content (AvgIpc) is 2.45. The van der Waals surface area contributed by atoms with Crippen LogP contribution in [0, 0.1) is 5.82 Å². The van der Waals surface area contributed by atoms with Gasteiger partial charge in [0.25, 0.3) is 0 Å². The molecule has 0 unspecified atom stereocenters. The molecule has 0 aromatic heterocycles. The average molecular weight is 351 g/mol. The van der Waals surface area contributed by atoms with Crippen molar-refractivity contribution in [3.05, 3.63) is 41.7 Å². The lowest BCUT2D eigenvalue weighted by Gasteiger charge is -2.36. The van der Waals surface area contributed by atoms with E-state index in [1.54, 1.807) is 7.11 Å². The van der Waals surface area contributed by atoms with Crippen molar-refractivity contribution >= 4 is 24.8 Å². The molecule has 0 radical (unpaired) electrons. The van der Waals surface area contributed by atoms with E-state index in [0.717, 1.165) is 43.7 Å². The van der Waals surface area contributed by atoms with Crippen molar-refractivity contribution in [2.45, 2.75) is 19.4 Å². The standard InChI is InChI=1S/C16H23FN2O.2ClH/c1-12(2)10-15(19-8-6-18-7-9-19)14-5-4-13(17)11-16(14)20-3;;/h4-5,11,15,18H,1,6-10H2,2-3H3;2*1H/t15-;;/m0../s1. The molecule has 3 nitrogen and oxygen atoms in total. The lowest BCUT2D eigenvalue weighted by Crippen LogP contribution is -2.45. The van der Waals surface area contributed by atoms with Crippen molar-refractivity contribution in [2.75, 3.05) is 33.3 Å². The number of halogens is 3. The SMILES string of the molecule is C=C(C)C[C@@H](c1ccc(F)cc1OC)N1CCNCC1.Cl.Cl. The highest BCUT2D eigenvalue weighted by atomic mass is 35.5. The Labute approximate surface area is 144 Å². The third kappa shape index (κ3) is 5.43. The lowest BCUT2D eigenvalue weighted by molar-refractivity contribution is 0.169. The third-order valence-corrected chi connectivity index (χ3v) is 3.69. The monoisotopic (exact) mass is 350 g/mol. The topological polar surface area (TPSA) is 24.5 Å². The van der Waals surface area contributed by atoms with Crippen LogP contribution in [-0.4, -0.2) is 38.2 Å². The Morgan fingerprint density at radius 3 is 2.55 bits per heavy atom. The number of benzene rings is 1. The number of methoxy groups -OCH3 is 1. The van der Waals surface area contributed by atoms with Gasteiger partial charge in [-0.3, -0.25) is 4.90 Å². The fourth-order valence-corrected chi connectivity index (χ4v) is 2.72. The molecule has 1 heterocycles. The van der Waals surface area contributed by atoms with Gasteiger partial charge in [-0.25, -0.2) is 4.39 Å². The molecule has 6 heteroatoms. The van der Waals surface area contributed by atoms with Gasteiger partial charge in [-0.1, -0.05) is 11.6 Å². The van der Waals surface area contributed by atoms with Gasteiger partial charge in [0.1, 0.15) is 11.6 Å². The summed E-state index contributed by atoms with van der Waals surface area (Å²) in [6.45, 7) is 10.00. The Morgan fingerprint density at radius 2 is 2.00 bits per heavy atom. The quantitative estimate of drug-likeness (QED) is 0.821. The number of ether oxygens (including phenoxy) is 1. The Hall–Kier alpha value is -0.810. The molecular weight excluding hydrogens is 326 g/mol. The maximum absolute atomic E-state index is 13.4. The summed E-state index contributed by atoms with van der Waals surface area (Å²) < 4.78 is 18.7. The van der Waals surface area contributed by atoms with Crippen molar-refractivity contribution < 1.29 is 9.13 Å². The van der Waals surface area contributed by atoms with E-state index in [-0.39, 0.29) is 36.7 Å². The number of hydrogen-bond donors (Lipinski definition) is 1. The van der Waals surface area contributed by atoms with Gasteiger partial charge in [0.05, 0.1) is 7.11 Å². The molecule has 22 heavy (non-hydrogen) atoms. The van der Waals surface area contributed by atoms with Gasteiger partial charge in [-0.05, 0) is 19.4 Å². The van der Waals surface area contributed by atoms with Crippen molar-refractivity contribution in [3.8, 4) is 5.75 Å². The Morgan fingerprint density at radius 1 is 1.36 bits per heavy atom. The van der Waals surface area contributed by atoms with Crippen LogP contribution in [0.25, 0.3) is 0 Å². The molecule has 0 amide bonds. The van der Waals surface area contributed by atoms with E-state index < -0.39 is 0 Å². The number of nitrogens with one attached hydrogen (secondary N) is 1. The zero-order valence-electron chi connectivity index (χ0n) is 13.1. The minimum Gasteiger partial charge on any atom is -0.496 e. The highest BCUT2D eigenvalue weighted by molar-refractivity contribution is 5.85. The molecule has 1 saturated heterocycles. The summed E-state index contributed by atoms with van der Waals surface area (Å²) >= 11 is 0. The highest BCUT2D eigenvalue weighted by Gasteiger charge is 2.25. The van der Waals surface area contributed by atoms with Gasteiger partial charge in [0.15, 0.2) is 0 Å². The molecule has 1 N–H and O–H groups in total. The number of hydrogen-bond acceptors (Lipinski definition) is 3. The van der Waals surface area contributed by atoms with Gasteiger partial charge >= 0.3 is 0 Å². The van der Waals surface area contributed by atoms with Crippen LogP contribution in [0.2, 0.25) is 0 Å². The summed E-state index contributed by atoms with van der Waals surface area (Å²) in [6.07, 6.45) is 0.863. The molecule has 1 aliphatic heterocycles. The fraction of sp³-hybridized carbons (Fsp3) is 0.500. The van der Waals surface area contributed by atoms with Crippen LogP contribution in [0.15, 0.2) is 30.4 Å².